The monoisotopic (exact) mass is 448 g/mol. The number of benzene rings is 1. The number of aliphatic hydroxyl groups is 1. The van der Waals surface area contributed by atoms with E-state index in [2.05, 4.69) is 54.1 Å². The molecule has 176 valence electrons. The Labute approximate surface area is 196 Å². The van der Waals surface area contributed by atoms with E-state index in [1.54, 1.807) is 0 Å². The number of nitrogens with two attached hydrogens (primary N) is 1. The van der Waals surface area contributed by atoms with Gasteiger partial charge in [0.2, 0.25) is 0 Å². The molecule has 2 heterocycles. The summed E-state index contributed by atoms with van der Waals surface area (Å²) in [4.78, 5) is 6.76. The first-order valence-corrected chi connectivity index (χ1v) is 12.1. The van der Waals surface area contributed by atoms with Crippen molar-refractivity contribution in [3.8, 4) is 6.07 Å². The first kappa shape index (κ1) is 23.3. The Kier molecular flexibility index (Phi) is 6.24. The molecule has 0 spiro atoms. The third kappa shape index (κ3) is 4.13. The summed E-state index contributed by atoms with van der Waals surface area (Å²) in [6.07, 6.45) is 10.1. The fourth-order valence-electron chi connectivity index (χ4n) is 5.62. The summed E-state index contributed by atoms with van der Waals surface area (Å²) >= 11 is 0. The topological polar surface area (TPSA) is 103 Å². The molecular formula is C26H36N6O. The number of hydrogen-bond donors (Lipinski definition) is 2. The normalized spacial score (nSPS) is 24.2. The molecule has 1 aliphatic carbocycles. The van der Waals surface area contributed by atoms with Crippen LogP contribution in [0.4, 0.5) is 0 Å². The SMILES string of the molecule is CCC(/C=C(\N=C/N)N1CCC(C(C)(C)O)C1C)n1ncc2ccc(C3(C#N)CCC3)cc21. The largest absolute Gasteiger partial charge is 0.390 e. The predicted molar refractivity (Wildman–Crippen MR) is 132 cm³/mol. The van der Waals surface area contributed by atoms with Crippen molar-refractivity contribution < 1.29 is 5.11 Å². The molecule has 33 heavy (non-hydrogen) atoms. The number of fused-ring (bicyclic) bond motifs is 1. The fraction of sp³-hybridized carbons (Fsp3) is 0.577. The van der Waals surface area contributed by atoms with Crippen molar-refractivity contribution in [3.05, 3.63) is 41.9 Å². The third-order valence-electron chi connectivity index (χ3n) is 7.81. The molecule has 7 nitrogen and oxygen atoms in total. The molecule has 1 aromatic carbocycles. The molecule has 2 fully saturated rings. The number of aromatic nitrogens is 2. The van der Waals surface area contributed by atoms with Crippen LogP contribution in [0.5, 0.6) is 0 Å². The molecule has 1 saturated carbocycles. The highest BCUT2D eigenvalue weighted by atomic mass is 16.3. The van der Waals surface area contributed by atoms with Crippen LogP contribution in [-0.2, 0) is 5.41 Å². The van der Waals surface area contributed by atoms with Gasteiger partial charge in [-0.05, 0) is 70.6 Å². The van der Waals surface area contributed by atoms with E-state index in [-0.39, 0.29) is 23.4 Å². The zero-order valence-corrected chi connectivity index (χ0v) is 20.2. The van der Waals surface area contributed by atoms with Crippen LogP contribution >= 0.6 is 0 Å². The number of rotatable bonds is 7. The van der Waals surface area contributed by atoms with Gasteiger partial charge in [-0.15, -0.1) is 0 Å². The van der Waals surface area contributed by atoms with Crippen molar-refractivity contribution in [1.29, 1.82) is 5.26 Å². The summed E-state index contributed by atoms with van der Waals surface area (Å²) in [5, 5.41) is 26.2. The van der Waals surface area contributed by atoms with Gasteiger partial charge in [-0.2, -0.15) is 10.4 Å². The average molecular weight is 449 g/mol. The number of likely N-dealkylation sites (tertiary alicyclic amines) is 1. The van der Waals surface area contributed by atoms with E-state index in [4.69, 9.17) is 10.8 Å². The Bertz CT molecular complexity index is 1100. The second-order valence-corrected chi connectivity index (χ2v) is 10.2. The van der Waals surface area contributed by atoms with E-state index in [9.17, 15) is 10.4 Å². The molecule has 7 heteroatoms. The maximum Gasteiger partial charge on any atom is 0.128 e. The number of aliphatic imine (C=N–C) groups is 1. The Morgan fingerprint density at radius 2 is 2.21 bits per heavy atom. The molecule has 4 rings (SSSR count). The lowest BCUT2D eigenvalue weighted by Crippen LogP contribution is -2.39. The van der Waals surface area contributed by atoms with Crippen LogP contribution < -0.4 is 5.73 Å². The van der Waals surface area contributed by atoms with Crippen LogP contribution in [0.3, 0.4) is 0 Å². The zero-order chi connectivity index (χ0) is 23.8. The standard InChI is InChI=1S/C26H36N6O/c1-5-21(14-24(29-17-28)31-12-9-22(18(31)2)25(3,4)33)32-23-13-20(8-7-19(23)15-30-32)26(16-27)10-6-11-26/h7-8,13-15,17-18,21-22,33H,5-6,9-12H2,1-4H3,(H2,28,29)/b24-14+. The van der Waals surface area contributed by atoms with Crippen LogP contribution in [0.15, 0.2) is 41.3 Å². The second kappa shape index (κ2) is 8.83. The number of nitrogens with zero attached hydrogens (tertiary/aromatic N) is 5. The summed E-state index contributed by atoms with van der Waals surface area (Å²) in [5.74, 6) is 0.975. The van der Waals surface area contributed by atoms with Crippen LogP contribution in [0.1, 0.15) is 71.4 Å². The van der Waals surface area contributed by atoms with Crippen LogP contribution in [-0.4, -0.2) is 44.3 Å². The highest BCUT2D eigenvalue weighted by Crippen LogP contribution is 2.44. The van der Waals surface area contributed by atoms with Crippen molar-refractivity contribution in [2.45, 2.75) is 82.9 Å². The first-order chi connectivity index (χ1) is 15.7. The van der Waals surface area contributed by atoms with Gasteiger partial charge in [0.25, 0.3) is 0 Å². The van der Waals surface area contributed by atoms with Gasteiger partial charge >= 0.3 is 0 Å². The summed E-state index contributed by atoms with van der Waals surface area (Å²) in [5.41, 5.74) is 6.76. The van der Waals surface area contributed by atoms with Gasteiger partial charge in [-0.3, -0.25) is 4.68 Å². The summed E-state index contributed by atoms with van der Waals surface area (Å²) < 4.78 is 2.04. The molecule has 1 aliphatic heterocycles. The highest BCUT2D eigenvalue weighted by Gasteiger charge is 2.41. The maximum atomic E-state index is 10.6. The molecule has 2 aromatic rings. The van der Waals surface area contributed by atoms with E-state index < -0.39 is 5.60 Å². The molecular weight excluding hydrogens is 412 g/mol. The lowest BCUT2D eigenvalue weighted by atomic mass is 9.65. The van der Waals surface area contributed by atoms with E-state index in [1.165, 1.54) is 6.34 Å². The molecule has 3 N–H and O–H groups in total. The van der Waals surface area contributed by atoms with Crippen molar-refractivity contribution in [3.63, 3.8) is 0 Å². The fourth-order valence-corrected chi connectivity index (χ4v) is 5.62. The molecule has 0 radical (unpaired) electrons. The van der Waals surface area contributed by atoms with E-state index in [0.29, 0.717) is 0 Å². The molecule has 3 unspecified atom stereocenters. The lowest BCUT2D eigenvalue weighted by Gasteiger charge is -2.35. The molecule has 2 aliphatic rings. The van der Waals surface area contributed by atoms with Gasteiger partial charge in [0.15, 0.2) is 0 Å². The minimum Gasteiger partial charge on any atom is -0.390 e. The van der Waals surface area contributed by atoms with Gasteiger partial charge in [0.05, 0.1) is 41.2 Å². The van der Waals surface area contributed by atoms with E-state index in [1.807, 2.05) is 24.7 Å². The van der Waals surface area contributed by atoms with Gasteiger partial charge in [-0.25, -0.2) is 4.99 Å². The van der Waals surface area contributed by atoms with Crippen LogP contribution in [0.25, 0.3) is 10.9 Å². The minimum absolute atomic E-state index is 0.00994. The van der Waals surface area contributed by atoms with E-state index >= 15 is 0 Å². The Morgan fingerprint density at radius 3 is 2.76 bits per heavy atom. The van der Waals surface area contributed by atoms with E-state index in [0.717, 1.165) is 60.9 Å². The lowest BCUT2D eigenvalue weighted by molar-refractivity contribution is 0.00680. The quantitative estimate of drug-likeness (QED) is 0.487. The zero-order valence-electron chi connectivity index (χ0n) is 20.2. The second-order valence-electron chi connectivity index (χ2n) is 10.2. The van der Waals surface area contributed by atoms with Gasteiger partial charge in [-0.1, -0.05) is 19.1 Å². The van der Waals surface area contributed by atoms with Crippen molar-refractivity contribution in [2.24, 2.45) is 16.6 Å². The molecule has 0 bridgehead atoms. The highest BCUT2D eigenvalue weighted by molar-refractivity contribution is 5.80. The number of hydrogen-bond acceptors (Lipinski definition) is 5. The first-order valence-electron chi connectivity index (χ1n) is 12.1. The minimum atomic E-state index is -0.747. The van der Waals surface area contributed by atoms with Gasteiger partial charge in [0.1, 0.15) is 5.82 Å². The Hall–Kier alpha value is -2.85. The molecule has 1 saturated heterocycles. The number of allylic oxidation sites excluding steroid dienone is 1. The molecule has 1 aromatic heterocycles. The van der Waals surface area contributed by atoms with Crippen molar-refractivity contribution in [1.82, 2.24) is 14.7 Å². The average Bonchev–Trinajstić information content (AvgIpc) is 3.34. The third-order valence-corrected chi connectivity index (χ3v) is 7.81. The van der Waals surface area contributed by atoms with Gasteiger partial charge < -0.3 is 15.7 Å². The Morgan fingerprint density at radius 1 is 1.45 bits per heavy atom. The predicted octanol–water partition coefficient (Wildman–Crippen LogP) is 4.24. The smallest absolute Gasteiger partial charge is 0.128 e. The maximum absolute atomic E-state index is 10.6. The Balaban J connectivity index is 1.70. The molecule has 3 atom stereocenters. The van der Waals surface area contributed by atoms with Crippen molar-refractivity contribution in [2.75, 3.05) is 6.54 Å². The summed E-state index contributed by atoms with van der Waals surface area (Å²) in [6, 6.07) is 9.01. The summed E-state index contributed by atoms with van der Waals surface area (Å²) in [6.45, 7) is 8.87. The summed E-state index contributed by atoms with van der Waals surface area (Å²) in [7, 11) is 0. The van der Waals surface area contributed by atoms with Gasteiger partial charge in [0, 0.05) is 23.9 Å². The van der Waals surface area contributed by atoms with Crippen molar-refractivity contribution >= 4 is 17.2 Å². The van der Waals surface area contributed by atoms with Crippen LogP contribution in [0.2, 0.25) is 0 Å². The molecule has 0 amide bonds. The number of nitriles is 1. The van der Waals surface area contributed by atoms with Crippen LogP contribution in [0, 0.1) is 17.2 Å².